The number of H-pyrrole nitrogens is 2. The Balaban J connectivity index is 1.36. The number of aromatic amines is 2. The first-order chi connectivity index (χ1) is 13.8. The molecule has 0 saturated heterocycles. The highest BCUT2D eigenvalue weighted by atomic mass is 15.2. The van der Waals surface area contributed by atoms with Crippen LogP contribution < -0.4 is 4.90 Å². The van der Waals surface area contributed by atoms with Crippen LogP contribution in [0.5, 0.6) is 0 Å². The van der Waals surface area contributed by atoms with E-state index < -0.39 is 0 Å². The number of anilines is 2. The molecule has 2 aliphatic rings. The molecular formula is C23H33N5. The predicted octanol–water partition coefficient (Wildman–Crippen LogP) is 5.61. The van der Waals surface area contributed by atoms with E-state index in [0.29, 0.717) is 12.1 Å². The summed E-state index contributed by atoms with van der Waals surface area (Å²) in [6.07, 6.45) is 17.0. The maximum atomic E-state index is 4.77. The molecule has 4 rings (SSSR count). The van der Waals surface area contributed by atoms with E-state index in [4.69, 9.17) is 9.98 Å². The van der Waals surface area contributed by atoms with Crippen molar-refractivity contribution in [1.29, 1.82) is 0 Å². The third-order valence-corrected chi connectivity index (χ3v) is 6.11. The first-order valence-corrected chi connectivity index (χ1v) is 11.0. The first-order valence-electron chi connectivity index (χ1n) is 11.0. The molecule has 0 amide bonds. The Morgan fingerprint density at radius 1 is 0.714 bits per heavy atom. The molecule has 0 spiro atoms. The maximum Gasteiger partial charge on any atom is 0.111 e. The van der Waals surface area contributed by atoms with Crippen molar-refractivity contribution in [3.8, 4) is 0 Å². The van der Waals surface area contributed by atoms with Crippen molar-refractivity contribution in [2.45, 2.75) is 76.3 Å². The SMILES string of the molecule is CN(c1ccc(C=NC2CCCCC2)[nH]1)c1ccc(C=NC2CCCCC2)[nH]1. The topological polar surface area (TPSA) is 59.5 Å². The van der Waals surface area contributed by atoms with E-state index >= 15 is 0 Å². The summed E-state index contributed by atoms with van der Waals surface area (Å²) in [5, 5.41) is 0. The van der Waals surface area contributed by atoms with Crippen LogP contribution in [-0.2, 0) is 0 Å². The number of hydrogen-bond acceptors (Lipinski definition) is 3. The minimum Gasteiger partial charge on any atom is -0.340 e. The molecule has 5 heteroatoms. The molecule has 2 fully saturated rings. The maximum absolute atomic E-state index is 4.77. The van der Waals surface area contributed by atoms with Gasteiger partial charge in [0.1, 0.15) is 11.6 Å². The number of nitrogens with zero attached hydrogens (tertiary/aromatic N) is 3. The van der Waals surface area contributed by atoms with E-state index in [1.807, 2.05) is 12.4 Å². The van der Waals surface area contributed by atoms with Crippen LogP contribution >= 0.6 is 0 Å². The van der Waals surface area contributed by atoms with Crippen LogP contribution in [-0.4, -0.2) is 41.5 Å². The van der Waals surface area contributed by atoms with E-state index in [0.717, 1.165) is 23.0 Å². The Kier molecular flexibility index (Phi) is 6.30. The second-order valence-corrected chi connectivity index (χ2v) is 8.30. The Hall–Kier alpha value is -2.30. The smallest absolute Gasteiger partial charge is 0.111 e. The molecule has 150 valence electrons. The summed E-state index contributed by atoms with van der Waals surface area (Å²) in [5.74, 6) is 2.12. The van der Waals surface area contributed by atoms with Crippen LogP contribution in [0.25, 0.3) is 0 Å². The lowest BCUT2D eigenvalue weighted by atomic mass is 9.96. The fourth-order valence-electron chi connectivity index (χ4n) is 4.30. The average Bonchev–Trinajstić information content (AvgIpc) is 3.42. The predicted molar refractivity (Wildman–Crippen MR) is 119 cm³/mol. The lowest BCUT2D eigenvalue weighted by Gasteiger charge is -2.17. The van der Waals surface area contributed by atoms with Gasteiger partial charge in [-0.3, -0.25) is 9.98 Å². The second-order valence-electron chi connectivity index (χ2n) is 8.30. The van der Waals surface area contributed by atoms with Crippen LogP contribution in [0.1, 0.15) is 75.6 Å². The van der Waals surface area contributed by atoms with Crippen molar-refractivity contribution in [3.05, 3.63) is 35.7 Å². The molecule has 0 atom stereocenters. The quantitative estimate of drug-likeness (QED) is 0.629. The standard InChI is InChI=1S/C23H33N5/c1-28(22-14-12-20(26-22)16-24-18-8-4-2-5-9-18)23-15-13-21(27-23)17-25-19-10-6-3-7-11-19/h12-19,26-27H,2-11H2,1H3. The minimum atomic E-state index is 0.507. The zero-order chi connectivity index (χ0) is 19.2. The summed E-state index contributed by atoms with van der Waals surface area (Å²) in [6.45, 7) is 0. The Morgan fingerprint density at radius 3 is 1.57 bits per heavy atom. The first kappa shape index (κ1) is 19.0. The van der Waals surface area contributed by atoms with Gasteiger partial charge in [-0.15, -0.1) is 0 Å². The van der Waals surface area contributed by atoms with Gasteiger partial charge in [0.25, 0.3) is 0 Å². The van der Waals surface area contributed by atoms with Gasteiger partial charge in [0.05, 0.1) is 23.5 Å². The van der Waals surface area contributed by atoms with Crippen molar-refractivity contribution in [1.82, 2.24) is 9.97 Å². The van der Waals surface area contributed by atoms with Gasteiger partial charge in [-0.2, -0.15) is 0 Å². The van der Waals surface area contributed by atoms with Gasteiger partial charge < -0.3 is 14.9 Å². The summed E-state index contributed by atoms with van der Waals surface area (Å²) < 4.78 is 0. The van der Waals surface area contributed by atoms with Gasteiger partial charge in [0.15, 0.2) is 0 Å². The minimum absolute atomic E-state index is 0.507. The largest absolute Gasteiger partial charge is 0.340 e. The van der Waals surface area contributed by atoms with Crippen LogP contribution in [0.15, 0.2) is 34.3 Å². The summed E-state index contributed by atoms with van der Waals surface area (Å²) in [5.41, 5.74) is 2.14. The van der Waals surface area contributed by atoms with Crippen LogP contribution in [0.3, 0.4) is 0 Å². The second kappa shape index (κ2) is 9.26. The third-order valence-electron chi connectivity index (χ3n) is 6.11. The fraction of sp³-hybridized carbons (Fsp3) is 0.565. The van der Waals surface area contributed by atoms with Gasteiger partial charge in [0, 0.05) is 19.5 Å². The van der Waals surface area contributed by atoms with Gasteiger partial charge in [-0.1, -0.05) is 38.5 Å². The van der Waals surface area contributed by atoms with Crippen molar-refractivity contribution >= 4 is 24.1 Å². The number of rotatable bonds is 6. The van der Waals surface area contributed by atoms with E-state index in [1.54, 1.807) is 0 Å². The molecule has 28 heavy (non-hydrogen) atoms. The highest BCUT2D eigenvalue weighted by molar-refractivity contribution is 5.80. The molecule has 0 aliphatic heterocycles. The van der Waals surface area contributed by atoms with Gasteiger partial charge in [-0.25, -0.2) is 0 Å². The highest BCUT2D eigenvalue weighted by Gasteiger charge is 2.13. The van der Waals surface area contributed by atoms with E-state index in [-0.39, 0.29) is 0 Å². The van der Waals surface area contributed by atoms with Crippen LogP contribution in [0.4, 0.5) is 11.6 Å². The number of aliphatic imine (C=N–C) groups is 2. The normalized spacial score (nSPS) is 19.8. The molecule has 2 N–H and O–H groups in total. The molecule has 0 radical (unpaired) electrons. The average molecular weight is 380 g/mol. The Morgan fingerprint density at radius 2 is 1.14 bits per heavy atom. The van der Waals surface area contributed by atoms with E-state index in [9.17, 15) is 0 Å². The summed E-state index contributed by atoms with van der Waals surface area (Å²) >= 11 is 0. The Bertz CT molecular complexity index is 721. The summed E-state index contributed by atoms with van der Waals surface area (Å²) in [6, 6.07) is 9.44. The molecule has 2 aromatic heterocycles. The molecule has 2 aromatic rings. The van der Waals surface area contributed by atoms with Crippen molar-refractivity contribution in [2.24, 2.45) is 9.98 Å². The molecular weight excluding hydrogens is 346 g/mol. The number of nitrogens with one attached hydrogen (secondary N) is 2. The van der Waals surface area contributed by atoms with Gasteiger partial charge in [0.2, 0.25) is 0 Å². The van der Waals surface area contributed by atoms with Crippen LogP contribution in [0.2, 0.25) is 0 Å². The monoisotopic (exact) mass is 379 g/mol. The zero-order valence-electron chi connectivity index (χ0n) is 17.0. The van der Waals surface area contributed by atoms with Crippen molar-refractivity contribution < 1.29 is 0 Å². The summed E-state index contributed by atoms with van der Waals surface area (Å²) in [7, 11) is 2.07. The molecule has 5 nitrogen and oxygen atoms in total. The molecule has 0 unspecified atom stereocenters. The molecule has 2 aliphatic carbocycles. The van der Waals surface area contributed by atoms with Crippen molar-refractivity contribution in [3.63, 3.8) is 0 Å². The Labute approximate surface area is 168 Å². The van der Waals surface area contributed by atoms with Gasteiger partial charge >= 0.3 is 0 Å². The summed E-state index contributed by atoms with van der Waals surface area (Å²) in [4.78, 5) is 18.6. The van der Waals surface area contributed by atoms with Gasteiger partial charge in [-0.05, 0) is 49.9 Å². The van der Waals surface area contributed by atoms with E-state index in [2.05, 4.69) is 46.2 Å². The number of hydrogen-bond donors (Lipinski definition) is 2. The van der Waals surface area contributed by atoms with Crippen molar-refractivity contribution in [2.75, 3.05) is 11.9 Å². The highest BCUT2D eigenvalue weighted by Crippen LogP contribution is 2.23. The molecule has 0 bridgehead atoms. The molecule has 2 heterocycles. The third kappa shape index (κ3) is 4.94. The lowest BCUT2D eigenvalue weighted by molar-refractivity contribution is 0.444. The number of aromatic nitrogens is 2. The van der Waals surface area contributed by atoms with Crippen LogP contribution in [0, 0.1) is 0 Å². The molecule has 2 saturated carbocycles. The lowest BCUT2D eigenvalue weighted by Crippen LogP contribution is -2.11. The van der Waals surface area contributed by atoms with E-state index in [1.165, 1.54) is 64.2 Å². The molecule has 0 aromatic carbocycles. The fourth-order valence-corrected chi connectivity index (χ4v) is 4.30. The zero-order valence-corrected chi connectivity index (χ0v) is 17.0.